The van der Waals surface area contributed by atoms with Crippen LogP contribution in [-0.2, 0) is 0 Å². The molecule has 23 heavy (non-hydrogen) atoms. The first-order chi connectivity index (χ1) is 10.3. The summed E-state index contributed by atoms with van der Waals surface area (Å²) in [6, 6.07) is 0.661. The molecule has 0 radical (unpaired) electrons. The molecule has 0 spiro atoms. The standard InChI is InChI=1S/C15H27N.F6P/c1-3-5-7-8-11-15-12-9-10-14-16(15)13-6-4-2;1-7(2,3,4,5)6/h9-10,12,14-15H,3-8,11,13H2,1-2H3;/q;-1/p+1. The van der Waals surface area contributed by atoms with Crippen LogP contribution in [0.15, 0.2) is 24.4 Å². The van der Waals surface area contributed by atoms with E-state index in [-0.39, 0.29) is 1.43 Å². The van der Waals surface area contributed by atoms with Crippen LogP contribution >= 0.6 is 7.81 Å². The third kappa shape index (κ3) is 19.2. The van der Waals surface area contributed by atoms with Crippen molar-refractivity contribution in [2.24, 2.45) is 0 Å². The van der Waals surface area contributed by atoms with Crippen molar-refractivity contribution in [2.45, 2.75) is 64.8 Å². The van der Waals surface area contributed by atoms with Gasteiger partial charge in [0.2, 0.25) is 0 Å². The Morgan fingerprint density at radius 1 is 0.870 bits per heavy atom. The SMILES string of the molecule is CCCCCCC1C=CC=CN1CCCC.F[P-](F)(F)(F)(F)F.[H+]. The molecule has 1 rings (SSSR count). The van der Waals surface area contributed by atoms with Crippen molar-refractivity contribution >= 4 is 7.81 Å². The first-order valence-corrected chi connectivity index (χ1v) is 10.0. The Kier molecular flexibility index (Phi) is 8.15. The summed E-state index contributed by atoms with van der Waals surface area (Å²) in [6.07, 6.45) is 18.4. The van der Waals surface area contributed by atoms with Crippen molar-refractivity contribution in [1.29, 1.82) is 0 Å². The van der Waals surface area contributed by atoms with E-state index in [2.05, 4.69) is 43.2 Å². The van der Waals surface area contributed by atoms with Crippen molar-refractivity contribution < 1.29 is 26.6 Å². The molecule has 0 fully saturated rings. The second-order valence-corrected chi connectivity index (χ2v) is 7.61. The summed E-state index contributed by atoms with van der Waals surface area (Å²) in [4.78, 5) is 2.51. The minimum Gasteiger partial charge on any atom is 1.00 e. The van der Waals surface area contributed by atoms with Gasteiger partial charge in [0.1, 0.15) is 0 Å². The van der Waals surface area contributed by atoms with Gasteiger partial charge in [0.15, 0.2) is 0 Å². The fourth-order valence-electron chi connectivity index (χ4n) is 2.20. The van der Waals surface area contributed by atoms with Crippen LogP contribution in [-0.4, -0.2) is 17.5 Å². The van der Waals surface area contributed by atoms with Gasteiger partial charge in [-0.2, -0.15) is 0 Å². The average molecular weight is 367 g/mol. The van der Waals surface area contributed by atoms with E-state index in [0.29, 0.717) is 6.04 Å². The third-order valence-corrected chi connectivity index (χ3v) is 3.27. The molecule has 1 aliphatic rings. The molecule has 0 amide bonds. The molecule has 140 valence electrons. The number of halogens is 6. The Labute approximate surface area is 136 Å². The zero-order valence-electron chi connectivity index (χ0n) is 14.7. The summed E-state index contributed by atoms with van der Waals surface area (Å²) in [6.45, 7) is 5.76. The number of hydrogen-bond donors (Lipinski definition) is 0. The summed E-state index contributed by atoms with van der Waals surface area (Å²) >= 11 is 0. The fourth-order valence-corrected chi connectivity index (χ4v) is 2.20. The van der Waals surface area contributed by atoms with Crippen LogP contribution < -0.4 is 0 Å². The van der Waals surface area contributed by atoms with Gasteiger partial charge in [-0.25, -0.2) is 0 Å². The van der Waals surface area contributed by atoms with Crippen LogP contribution in [0.1, 0.15) is 60.2 Å². The van der Waals surface area contributed by atoms with E-state index in [1.54, 1.807) is 0 Å². The van der Waals surface area contributed by atoms with E-state index in [0.717, 1.165) is 0 Å². The van der Waals surface area contributed by atoms with E-state index in [1.807, 2.05) is 0 Å². The average Bonchev–Trinajstić information content (AvgIpc) is 2.39. The van der Waals surface area contributed by atoms with Gasteiger partial charge in [0.05, 0.1) is 0 Å². The molecule has 0 saturated heterocycles. The maximum Gasteiger partial charge on any atom is 1.00 e. The summed E-state index contributed by atoms with van der Waals surface area (Å²) in [5, 5.41) is 0. The van der Waals surface area contributed by atoms with E-state index in [1.165, 1.54) is 51.5 Å². The van der Waals surface area contributed by atoms with Crippen molar-refractivity contribution in [3.05, 3.63) is 24.4 Å². The number of unbranched alkanes of at least 4 members (excludes halogenated alkanes) is 4. The molecule has 0 aromatic rings. The Bertz CT molecular complexity index is 382. The van der Waals surface area contributed by atoms with E-state index < -0.39 is 7.81 Å². The minimum absolute atomic E-state index is 0. The molecular weight excluding hydrogens is 339 g/mol. The third-order valence-electron chi connectivity index (χ3n) is 3.27. The van der Waals surface area contributed by atoms with E-state index in [4.69, 9.17) is 0 Å². The zero-order valence-corrected chi connectivity index (χ0v) is 14.6. The first kappa shape index (κ1) is 22.3. The van der Waals surface area contributed by atoms with Crippen LogP contribution in [0.2, 0.25) is 0 Å². The molecule has 8 heteroatoms. The Morgan fingerprint density at radius 3 is 1.96 bits per heavy atom. The molecule has 1 aliphatic heterocycles. The maximum absolute atomic E-state index is 10.7. The summed E-state index contributed by atoms with van der Waals surface area (Å²) in [7, 11) is -10.7. The molecule has 0 aromatic heterocycles. The normalized spacial score (nSPS) is 20.5. The predicted octanol–water partition coefficient (Wildman–Crippen LogP) is 8.01. The molecule has 0 aromatic carbocycles. The van der Waals surface area contributed by atoms with Gasteiger partial charge in [0, 0.05) is 12.6 Å². The summed E-state index contributed by atoms with van der Waals surface area (Å²) < 4.78 is 59.2. The van der Waals surface area contributed by atoms with E-state index in [9.17, 15) is 25.2 Å². The number of rotatable bonds is 8. The van der Waals surface area contributed by atoms with Crippen molar-refractivity contribution in [3.8, 4) is 0 Å². The van der Waals surface area contributed by atoms with Crippen molar-refractivity contribution in [3.63, 3.8) is 0 Å². The largest absolute Gasteiger partial charge is 1.00 e. The monoisotopic (exact) mass is 367 g/mol. The van der Waals surface area contributed by atoms with Gasteiger partial charge in [-0.1, -0.05) is 58.1 Å². The molecule has 1 unspecified atom stereocenters. The molecule has 1 nitrogen and oxygen atoms in total. The first-order valence-electron chi connectivity index (χ1n) is 8.00. The molecule has 0 N–H and O–H groups in total. The van der Waals surface area contributed by atoms with Gasteiger partial charge >= 0.3 is 34.4 Å². The van der Waals surface area contributed by atoms with Gasteiger partial charge in [-0.05, 0) is 25.1 Å². The predicted molar refractivity (Wildman–Crippen MR) is 87.1 cm³/mol. The molecular formula is C15H28F6NP. The number of hydrogen-bond acceptors (Lipinski definition) is 1. The van der Waals surface area contributed by atoms with Crippen LogP contribution in [0, 0.1) is 0 Å². The van der Waals surface area contributed by atoms with Crippen molar-refractivity contribution in [1.82, 2.24) is 4.90 Å². The topological polar surface area (TPSA) is 3.24 Å². The van der Waals surface area contributed by atoms with Gasteiger partial charge in [-0.15, -0.1) is 0 Å². The second-order valence-electron chi connectivity index (χ2n) is 5.69. The summed E-state index contributed by atoms with van der Waals surface area (Å²) in [5.74, 6) is 0. The van der Waals surface area contributed by atoms with Crippen molar-refractivity contribution in [2.75, 3.05) is 6.54 Å². The Hall–Kier alpha value is -0.710. The van der Waals surface area contributed by atoms with Gasteiger partial charge < -0.3 is 4.90 Å². The molecule has 0 bridgehead atoms. The maximum atomic E-state index is 9.87. The number of allylic oxidation sites excluding steroid dienone is 2. The van der Waals surface area contributed by atoms with E-state index >= 15 is 0 Å². The minimum atomic E-state index is -10.7. The van der Waals surface area contributed by atoms with Crippen LogP contribution in [0.3, 0.4) is 0 Å². The molecule has 0 aliphatic carbocycles. The van der Waals surface area contributed by atoms with Crippen LogP contribution in [0.4, 0.5) is 25.2 Å². The molecule has 1 atom stereocenters. The Balaban J connectivity index is 0. The number of nitrogens with zero attached hydrogens (tertiary/aromatic N) is 1. The summed E-state index contributed by atoms with van der Waals surface area (Å²) in [5.41, 5.74) is 0. The van der Waals surface area contributed by atoms with Gasteiger partial charge in [0.25, 0.3) is 0 Å². The second kappa shape index (κ2) is 8.41. The van der Waals surface area contributed by atoms with Crippen LogP contribution in [0.25, 0.3) is 0 Å². The zero-order chi connectivity index (χ0) is 18.0. The quantitative estimate of drug-likeness (QED) is 0.239. The van der Waals surface area contributed by atoms with Gasteiger partial charge in [-0.3, -0.25) is 0 Å². The van der Waals surface area contributed by atoms with Crippen LogP contribution in [0.5, 0.6) is 0 Å². The molecule has 1 heterocycles. The Morgan fingerprint density at radius 2 is 1.43 bits per heavy atom. The molecule has 0 saturated carbocycles. The fraction of sp³-hybridized carbons (Fsp3) is 0.733. The smallest absolute Gasteiger partial charge is 1.00 e.